The summed E-state index contributed by atoms with van der Waals surface area (Å²) in [5.41, 5.74) is -0.449. The lowest BCUT2D eigenvalue weighted by Crippen LogP contribution is -2.57. The molecule has 14 heavy (non-hydrogen) atoms. The Bertz CT molecular complexity index is 219. The van der Waals surface area contributed by atoms with Crippen molar-refractivity contribution in [1.82, 2.24) is 4.90 Å². The Balaban J connectivity index is 2.31. The Morgan fingerprint density at radius 1 is 1.43 bits per heavy atom. The number of nitrogens with zero attached hydrogens (tertiary/aromatic N) is 1. The fourth-order valence-electron chi connectivity index (χ4n) is 1.31. The van der Waals surface area contributed by atoms with Crippen LogP contribution in [0.1, 0.15) is 20.8 Å². The van der Waals surface area contributed by atoms with Gasteiger partial charge in [0.25, 0.3) is 0 Å². The van der Waals surface area contributed by atoms with Gasteiger partial charge in [0.2, 0.25) is 5.91 Å². The van der Waals surface area contributed by atoms with Crippen LogP contribution >= 0.6 is 0 Å². The van der Waals surface area contributed by atoms with Gasteiger partial charge in [-0.25, -0.2) is 0 Å². The van der Waals surface area contributed by atoms with Gasteiger partial charge in [0.05, 0.1) is 6.10 Å². The zero-order chi connectivity index (χ0) is 10.9. The van der Waals surface area contributed by atoms with Crippen molar-refractivity contribution in [3.63, 3.8) is 0 Å². The molecule has 0 unspecified atom stereocenters. The molecule has 0 radical (unpaired) electrons. The quantitative estimate of drug-likeness (QED) is 0.686. The van der Waals surface area contributed by atoms with E-state index in [1.54, 1.807) is 20.8 Å². The minimum absolute atomic E-state index is 0.0217. The molecule has 1 amide bonds. The topological polar surface area (TPSA) is 29.5 Å². The first kappa shape index (κ1) is 11.4. The number of likely N-dealkylation sites (tertiary alicyclic amines) is 1. The smallest absolute Gasteiger partial charge is 0.337 e. The first-order valence-electron chi connectivity index (χ1n) is 4.53. The lowest BCUT2D eigenvalue weighted by atomic mass is 9.93. The fourth-order valence-corrected chi connectivity index (χ4v) is 1.31. The van der Waals surface area contributed by atoms with Crippen molar-refractivity contribution in [3.8, 4) is 0 Å². The van der Waals surface area contributed by atoms with Crippen molar-refractivity contribution in [2.24, 2.45) is 5.41 Å². The molecule has 3 nitrogen and oxygen atoms in total. The molecular weight excluding hydrogens is 192 g/mol. The van der Waals surface area contributed by atoms with E-state index in [1.807, 2.05) is 0 Å². The molecule has 0 saturated carbocycles. The van der Waals surface area contributed by atoms with Crippen LogP contribution in [0, 0.1) is 5.41 Å². The van der Waals surface area contributed by atoms with Crippen LogP contribution in [0.25, 0.3) is 0 Å². The van der Waals surface area contributed by atoms with E-state index < -0.39 is 18.1 Å². The predicted molar refractivity (Wildman–Crippen MR) is 46.9 cm³/mol. The Morgan fingerprint density at radius 2 is 1.93 bits per heavy atom. The van der Waals surface area contributed by atoms with E-state index in [2.05, 4.69) is 4.74 Å². The number of hydrogen-bond donors (Lipinski definition) is 0. The van der Waals surface area contributed by atoms with Crippen molar-refractivity contribution in [3.05, 3.63) is 0 Å². The average molecular weight is 207 g/mol. The van der Waals surface area contributed by atoms with E-state index in [0.717, 1.165) is 0 Å². The molecule has 1 heterocycles. The Morgan fingerprint density at radius 3 is 2.29 bits per heavy atom. The highest BCUT2D eigenvalue weighted by atomic mass is 19.3. The summed E-state index contributed by atoms with van der Waals surface area (Å²) in [5.74, 6) is -0.0217. The maximum Gasteiger partial charge on any atom is 0.345 e. The lowest BCUT2D eigenvalue weighted by molar-refractivity contribution is -0.201. The van der Waals surface area contributed by atoms with Crippen LogP contribution in [-0.4, -0.2) is 36.6 Å². The molecule has 0 N–H and O–H groups in total. The van der Waals surface area contributed by atoms with Gasteiger partial charge in [-0.2, -0.15) is 8.78 Å². The molecular formula is C9H15F2NO2. The van der Waals surface area contributed by atoms with E-state index in [0.29, 0.717) is 0 Å². The van der Waals surface area contributed by atoms with E-state index in [-0.39, 0.29) is 19.0 Å². The summed E-state index contributed by atoms with van der Waals surface area (Å²) in [7, 11) is 0. The zero-order valence-corrected chi connectivity index (χ0v) is 8.59. The van der Waals surface area contributed by atoms with Crippen LogP contribution in [0.15, 0.2) is 0 Å². The third-order valence-corrected chi connectivity index (χ3v) is 2.07. The van der Waals surface area contributed by atoms with Crippen LogP contribution in [0.5, 0.6) is 0 Å². The van der Waals surface area contributed by atoms with E-state index in [9.17, 15) is 13.6 Å². The molecule has 0 aromatic rings. The van der Waals surface area contributed by atoms with Crippen LogP contribution in [-0.2, 0) is 9.53 Å². The second-order valence-electron chi connectivity index (χ2n) is 4.48. The number of hydrogen-bond acceptors (Lipinski definition) is 2. The highest BCUT2D eigenvalue weighted by molar-refractivity contribution is 5.82. The first-order valence-corrected chi connectivity index (χ1v) is 4.53. The minimum atomic E-state index is -2.74. The van der Waals surface area contributed by atoms with Gasteiger partial charge < -0.3 is 9.64 Å². The molecule has 1 saturated heterocycles. The molecule has 0 spiro atoms. The van der Waals surface area contributed by atoms with Gasteiger partial charge >= 0.3 is 6.61 Å². The molecule has 1 aliphatic rings. The SMILES string of the molecule is CC(C)(C)C(=O)N1CC(OC(F)F)C1. The molecule has 0 aromatic carbocycles. The number of halogens is 2. The predicted octanol–water partition coefficient (Wildman–Crippen LogP) is 1.48. The summed E-state index contributed by atoms with van der Waals surface area (Å²) in [6, 6.07) is 0. The second-order valence-corrected chi connectivity index (χ2v) is 4.48. The summed E-state index contributed by atoms with van der Waals surface area (Å²) in [6.07, 6.45) is -0.499. The molecule has 0 atom stereocenters. The van der Waals surface area contributed by atoms with Crippen molar-refractivity contribution in [2.75, 3.05) is 13.1 Å². The zero-order valence-electron chi connectivity index (χ0n) is 8.59. The third kappa shape index (κ3) is 2.64. The largest absolute Gasteiger partial charge is 0.345 e. The summed E-state index contributed by atoms with van der Waals surface area (Å²) >= 11 is 0. The van der Waals surface area contributed by atoms with Crippen LogP contribution in [0.3, 0.4) is 0 Å². The van der Waals surface area contributed by atoms with Crippen LogP contribution < -0.4 is 0 Å². The minimum Gasteiger partial charge on any atom is -0.337 e. The van der Waals surface area contributed by atoms with Crippen molar-refractivity contribution < 1.29 is 18.3 Å². The lowest BCUT2D eigenvalue weighted by Gasteiger charge is -2.41. The van der Waals surface area contributed by atoms with E-state index in [4.69, 9.17) is 0 Å². The Kier molecular flexibility index (Phi) is 3.09. The standard InChI is InChI=1S/C9H15F2NO2/c1-9(2,3)7(13)12-4-6(5-12)14-8(10)11/h6,8H,4-5H2,1-3H3. The number of ether oxygens (including phenoxy) is 1. The number of carbonyl (C=O) groups is 1. The number of amides is 1. The fraction of sp³-hybridized carbons (Fsp3) is 0.889. The van der Waals surface area contributed by atoms with Gasteiger partial charge in [0.15, 0.2) is 0 Å². The highest BCUT2D eigenvalue weighted by Gasteiger charge is 2.37. The van der Waals surface area contributed by atoms with Gasteiger partial charge in [0, 0.05) is 18.5 Å². The average Bonchev–Trinajstić information content (AvgIpc) is 1.92. The monoisotopic (exact) mass is 207 g/mol. The maximum atomic E-state index is 11.7. The molecule has 82 valence electrons. The first-order chi connectivity index (χ1) is 6.30. The summed E-state index contributed by atoms with van der Waals surface area (Å²) in [6.45, 7) is 3.22. The van der Waals surface area contributed by atoms with Crippen molar-refractivity contribution in [1.29, 1.82) is 0 Å². The number of carbonyl (C=O) groups excluding carboxylic acids is 1. The molecule has 5 heteroatoms. The Labute approximate surface area is 82.0 Å². The van der Waals surface area contributed by atoms with Crippen molar-refractivity contribution in [2.45, 2.75) is 33.5 Å². The van der Waals surface area contributed by atoms with Gasteiger partial charge in [0.1, 0.15) is 0 Å². The number of alkyl halides is 2. The Hall–Kier alpha value is -0.710. The summed E-state index contributed by atoms with van der Waals surface area (Å²) in [5, 5.41) is 0. The highest BCUT2D eigenvalue weighted by Crippen LogP contribution is 2.23. The van der Waals surface area contributed by atoms with Crippen LogP contribution in [0.4, 0.5) is 8.78 Å². The number of rotatable bonds is 2. The van der Waals surface area contributed by atoms with Gasteiger partial charge in [-0.05, 0) is 0 Å². The second kappa shape index (κ2) is 3.81. The van der Waals surface area contributed by atoms with Gasteiger partial charge in [-0.3, -0.25) is 4.79 Å². The van der Waals surface area contributed by atoms with Crippen LogP contribution in [0.2, 0.25) is 0 Å². The summed E-state index contributed by atoms with van der Waals surface area (Å²) < 4.78 is 27.7. The van der Waals surface area contributed by atoms with E-state index in [1.165, 1.54) is 4.90 Å². The molecule has 0 aromatic heterocycles. The normalized spacial score (nSPS) is 18.6. The molecule has 1 aliphatic heterocycles. The third-order valence-electron chi connectivity index (χ3n) is 2.07. The molecule has 0 aliphatic carbocycles. The van der Waals surface area contributed by atoms with Gasteiger partial charge in [-0.15, -0.1) is 0 Å². The van der Waals surface area contributed by atoms with Crippen molar-refractivity contribution >= 4 is 5.91 Å². The van der Waals surface area contributed by atoms with E-state index >= 15 is 0 Å². The molecule has 1 rings (SSSR count). The van der Waals surface area contributed by atoms with Gasteiger partial charge in [-0.1, -0.05) is 20.8 Å². The molecule has 1 fully saturated rings. The maximum absolute atomic E-state index is 11.7. The summed E-state index contributed by atoms with van der Waals surface area (Å²) in [4.78, 5) is 13.1. The molecule has 0 bridgehead atoms.